The van der Waals surface area contributed by atoms with Gasteiger partial charge in [0.1, 0.15) is 86.0 Å². The third-order valence-electron chi connectivity index (χ3n) is 20.7. The molecule has 22 heteroatoms. The normalized spacial score (nSPS) is 55.6. The molecule has 29 atom stereocenters. The van der Waals surface area contributed by atoms with Crippen LogP contribution in [0.5, 0.6) is 0 Å². The highest BCUT2D eigenvalue weighted by atomic mass is 16.8. The highest BCUT2D eigenvalue weighted by Crippen LogP contribution is 2.80. The quantitative estimate of drug-likeness (QED) is 0.0741. The van der Waals surface area contributed by atoms with Crippen molar-refractivity contribution in [1.29, 1.82) is 0 Å². The van der Waals surface area contributed by atoms with E-state index in [1.807, 2.05) is 6.92 Å². The van der Waals surface area contributed by atoms with Gasteiger partial charge in [-0.2, -0.15) is 0 Å². The third-order valence-corrected chi connectivity index (χ3v) is 20.7. The molecule has 2 bridgehead atoms. The molecule has 10 rings (SSSR count). The van der Waals surface area contributed by atoms with Gasteiger partial charge in [0.25, 0.3) is 0 Å². The van der Waals surface area contributed by atoms with Gasteiger partial charge >= 0.3 is 5.97 Å². The molecule has 76 heavy (non-hydrogen) atoms. The van der Waals surface area contributed by atoms with Gasteiger partial charge < -0.3 is 103 Å². The van der Waals surface area contributed by atoms with Gasteiger partial charge in [-0.05, 0) is 100 Å². The summed E-state index contributed by atoms with van der Waals surface area (Å²) < 4.78 is 69.0. The Labute approximate surface area is 444 Å². The van der Waals surface area contributed by atoms with Crippen molar-refractivity contribution >= 4 is 5.97 Å². The van der Waals surface area contributed by atoms with E-state index in [1.165, 1.54) is 6.92 Å². The van der Waals surface area contributed by atoms with Gasteiger partial charge in [-0.1, -0.05) is 39.3 Å². The van der Waals surface area contributed by atoms with E-state index in [4.69, 9.17) is 52.1 Å². The fourth-order valence-corrected chi connectivity index (χ4v) is 17.1. The Morgan fingerprint density at radius 3 is 2.04 bits per heavy atom. The van der Waals surface area contributed by atoms with Crippen molar-refractivity contribution in [3.05, 3.63) is 11.6 Å². The lowest BCUT2D eigenvalue weighted by Gasteiger charge is -2.70. The van der Waals surface area contributed by atoms with Gasteiger partial charge in [0.15, 0.2) is 30.9 Å². The maximum Gasteiger partial charge on any atom is 0.302 e. The summed E-state index contributed by atoms with van der Waals surface area (Å²) in [5, 5.41) is 111. The first-order valence-corrected chi connectivity index (χ1v) is 27.7. The molecule has 2 spiro atoms. The Kier molecular flexibility index (Phi) is 15.7. The first kappa shape index (κ1) is 57.6. The van der Waals surface area contributed by atoms with Crippen LogP contribution in [0.25, 0.3) is 0 Å². The minimum Gasteiger partial charge on any atom is -0.463 e. The average Bonchev–Trinajstić information content (AvgIpc) is 4.03. The maximum absolute atomic E-state index is 12.3. The van der Waals surface area contributed by atoms with Crippen LogP contribution in [0.2, 0.25) is 0 Å². The van der Waals surface area contributed by atoms with Crippen LogP contribution >= 0.6 is 0 Å². The summed E-state index contributed by atoms with van der Waals surface area (Å²) in [4.78, 5) is 11.9. The van der Waals surface area contributed by atoms with E-state index in [0.717, 1.165) is 51.0 Å². The molecule has 6 heterocycles. The zero-order valence-corrected chi connectivity index (χ0v) is 45.3. The standard InChI is InChI=1S/C54H86O22/c1-23(2)16-26-17-52(9,65)44-27-10-11-32-50(7)14-13-33(49(5,6)31(50)12-15-51(32,8)53(27)21-54(44,76-26)69-22-53)72-47-43(75-46-40(64)37(61)34(58)24(3)70-46)41(29(57)19-68-47)73-48-42(74-45-39(63)35(59)28(56)18-67-45)38(62)36(60)30(71-48)20-66-25(4)55/h16,24,26-48,56-65H,10-15,17-22H2,1-9H3/t24-,26-,27+,28+,29-,30+,31?,32+,33-,34-,35-,36+,37+,38-,39+,40+,41-,42+,43+,44?,45-,46-,47-,48-,50-,51+,52?,53-,54-/m0/s1. The average molecular weight is 1090 g/mol. The van der Waals surface area contributed by atoms with E-state index in [0.29, 0.717) is 25.4 Å². The van der Waals surface area contributed by atoms with Crippen molar-refractivity contribution in [2.75, 3.05) is 26.4 Å². The van der Waals surface area contributed by atoms with E-state index in [9.17, 15) is 55.9 Å². The summed E-state index contributed by atoms with van der Waals surface area (Å²) in [6.07, 6.45) is -21.4. The Balaban J connectivity index is 0.927. The van der Waals surface area contributed by atoms with Crippen LogP contribution in [0.3, 0.4) is 0 Å². The van der Waals surface area contributed by atoms with Gasteiger partial charge in [0.05, 0.1) is 43.7 Å². The fourth-order valence-electron chi connectivity index (χ4n) is 17.1. The van der Waals surface area contributed by atoms with Crippen molar-refractivity contribution in [2.24, 2.45) is 45.3 Å². The van der Waals surface area contributed by atoms with Gasteiger partial charge in [0, 0.05) is 31.1 Å². The number of aliphatic hydroxyl groups excluding tert-OH is 9. The van der Waals surface area contributed by atoms with E-state index in [2.05, 4.69) is 47.6 Å². The number of hydrogen-bond donors (Lipinski definition) is 10. The number of allylic oxidation sites excluding steroid dienone is 1. The lowest BCUT2D eigenvalue weighted by atomic mass is 9.35. The van der Waals surface area contributed by atoms with Crippen molar-refractivity contribution < 1.29 is 108 Å². The predicted octanol–water partition coefficient (Wildman–Crippen LogP) is 0.0284. The lowest BCUT2D eigenvalue weighted by Crippen LogP contribution is -2.68. The number of aliphatic hydroxyl groups is 10. The second kappa shape index (κ2) is 20.7. The molecule has 10 aliphatic rings. The smallest absolute Gasteiger partial charge is 0.302 e. The zero-order chi connectivity index (χ0) is 55.0. The molecule has 3 unspecified atom stereocenters. The minimum atomic E-state index is -1.91. The zero-order valence-electron chi connectivity index (χ0n) is 45.3. The molecule has 0 aromatic heterocycles. The number of fused-ring (bicyclic) bond motifs is 4. The molecule has 10 N–H and O–H groups in total. The molecule has 6 aliphatic heterocycles. The molecule has 0 aromatic carbocycles. The molecule has 10 fully saturated rings. The summed E-state index contributed by atoms with van der Waals surface area (Å²) in [7, 11) is 0. The predicted molar refractivity (Wildman–Crippen MR) is 260 cm³/mol. The van der Waals surface area contributed by atoms with Crippen LogP contribution in [-0.4, -0.2) is 218 Å². The van der Waals surface area contributed by atoms with Crippen LogP contribution in [-0.2, 0) is 56.9 Å². The summed E-state index contributed by atoms with van der Waals surface area (Å²) in [5.74, 6) is -1.01. The van der Waals surface area contributed by atoms with E-state index in [1.54, 1.807) is 0 Å². The Bertz CT molecular complexity index is 2130. The Morgan fingerprint density at radius 1 is 0.658 bits per heavy atom. The number of ether oxygens (including phenoxy) is 11. The minimum absolute atomic E-state index is 0.120. The number of carbonyl (C=O) groups excluding carboxylic acids is 1. The summed E-state index contributed by atoms with van der Waals surface area (Å²) in [5.41, 5.74) is -0.785. The van der Waals surface area contributed by atoms with Gasteiger partial charge in [-0.15, -0.1) is 0 Å². The molecule has 0 radical (unpaired) electrons. The number of carbonyl (C=O) groups is 1. The maximum atomic E-state index is 12.3. The van der Waals surface area contributed by atoms with Crippen LogP contribution in [0.1, 0.15) is 114 Å². The molecular weight excluding hydrogens is 1000 g/mol. The Hall–Kier alpha value is -1.59. The first-order chi connectivity index (χ1) is 35.6. The summed E-state index contributed by atoms with van der Waals surface area (Å²) in [6, 6.07) is 0. The van der Waals surface area contributed by atoms with Gasteiger partial charge in [0.2, 0.25) is 0 Å². The second-order valence-corrected chi connectivity index (χ2v) is 25.9. The van der Waals surface area contributed by atoms with Crippen LogP contribution in [0, 0.1) is 45.3 Å². The molecule has 22 nitrogen and oxygen atoms in total. The van der Waals surface area contributed by atoms with E-state index >= 15 is 0 Å². The van der Waals surface area contributed by atoms with Crippen molar-refractivity contribution in [1.82, 2.24) is 0 Å². The van der Waals surface area contributed by atoms with Crippen molar-refractivity contribution in [2.45, 2.75) is 248 Å². The summed E-state index contributed by atoms with van der Waals surface area (Å²) in [6.45, 7) is 17.2. The van der Waals surface area contributed by atoms with Gasteiger partial charge in [-0.3, -0.25) is 4.79 Å². The first-order valence-electron chi connectivity index (χ1n) is 27.7. The monoisotopic (exact) mass is 1090 g/mol. The molecule has 0 aromatic rings. The van der Waals surface area contributed by atoms with Crippen LogP contribution in [0.15, 0.2) is 11.6 Å². The van der Waals surface area contributed by atoms with Crippen molar-refractivity contribution in [3.63, 3.8) is 0 Å². The number of esters is 1. The molecule has 434 valence electrons. The summed E-state index contributed by atoms with van der Waals surface area (Å²) >= 11 is 0. The van der Waals surface area contributed by atoms with E-state index in [-0.39, 0.29) is 40.1 Å². The SMILES string of the molecule is CC(=O)OC[C@H]1O[C@@H](O[C@@H]2[C@@H](O[C@@H]3O[C@@H](C)[C@H](O)[C@@H](O)[C@H]3O)[C@H](O[C@H]3CC[C@@]4(C)C(CC[C@]5(C)[C@@H]4CC[C@@H]4C6C(C)(O)C[C@H](C=C(C)C)O[C@@]67C[C@]45CO7)C3(C)C)OC[C@@H]2O)[C@H](O[C@@H]2OC[C@@H](O)[C@H](O)[C@H]2O)[C@@H](O)[C@@H]1O. The van der Waals surface area contributed by atoms with Crippen molar-refractivity contribution in [3.8, 4) is 0 Å². The highest BCUT2D eigenvalue weighted by Gasteiger charge is 2.81. The van der Waals surface area contributed by atoms with Gasteiger partial charge in [-0.25, -0.2) is 0 Å². The topological polar surface area (TPSA) is 321 Å². The molecule has 6 saturated heterocycles. The molecule has 4 aliphatic carbocycles. The van der Waals surface area contributed by atoms with E-state index < -0.39 is 159 Å². The number of rotatable bonds is 11. The van der Waals surface area contributed by atoms with Crippen LogP contribution in [0.4, 0.5) is 0 Å². The molecule has 4 saturated carbocycles. The Morgan fingerprint density at radius 2 is 1.33 bits per heavy atom. The largest absolute Gasteiger partial charge is 0.463 e. The second-order valence-electron chi connectivity index (χ2n) is 25.9. The lowest BCUT2D eigenvalue weighted by molar-refractivity contribution is -0.399. The number of hydrogen-bond acceptors (Lipinski definition) is 22. The fraction of sp³-hybridized carbons (Fsp3) is 0.944. The molecular formula is C54H86O22. The highest BCUT2D eigenvalue weighted by molar-refractivity contribution is 5.65. The van der Waals surface area contributed by atoms with Crippen LogP contribution < -0.4 is 0 Å². The third kappa shape index (κ3) is 9.38. The molecule has 0 amide bonds.